The molecule has 15 heavy (non-hydrogen) atoms. The number of likely N-dealkylation sites (tertiary alicyclic amines) is 1. The van der Waals surface area contributed by atoms with Gasteiger partial charge < -0.3 is 10.6 Å². The summed E-state index contributed by atoms with van der Waals surface area (Å²) in [6.45, 7) is 1.68. The molecule has 4 heteroatoms. The molecule has 1 rings (SSSR count). The van der Waals surface area contributed by atoms with Crippen molar-refractivity contribution < 1.29 is 4.79 Å². The molecular formula is C11H22N2OS. The molecule has 0 aliphatic carbocycles. The van der Waals surface area contributed by atoms with E-state index in [0.29, 0.717) is 12.3 Å². The lowest BCUT2D eigenvalue weighted by Crippen LogP contribution is -2.45. The number of nitrogens with two attached hydrogens (primary N) is 1. The number of carbonyl (C=O) groups is 1. The molecule has 1 aliphatic rings. The molecule has 0 aromatic rings. The van der Waals surface area contributed by atoms with Gasteiger partial charge in [-0.2, -0.15) is 11.8 Å². The molecule has 0 saturated carbocycles. The van der Waals surface area contributed by atoms with Crippen molar-refractivity contribution in [3.05, 3.63) is 0 Å². The Balaban J connectivity index is 2.15. The summed E-state index contributed by atoms with van der Waals surface area (Å²) in [4.78, 5) is 13.7. The zero-order valence-electron chi connectivity index (χ0n) is 9.58. The van der Waals surface area contributed by atoms with Gasteiger partial charge in [0.05, 0.1) is 0 Å². The van der Waals surface area contributed by atoms with E-state index >= 15 is 0 Å². The largest absolute Gasteiger partial charge is 0.341 e. The lowest BCUT2D eigenvalue weighted by Gasteiger charge is -2.30. The third-order valence-electron chi connectivity index (χ3n) is 2.80. The Bertz CT molecular complexity index is 199. The first-order valence-corrected chi connectivity index (χ1v) is 7.15. The van der Waals surface area contributed by atoms with Crippen LogP contribution in [0.3, 0.4) is 0 Å². The summed E-state index contributed by atoms with van der Waals surface area (Å²) in [5.74, 6) is 1.46. The van der Waals surface area contributed by atoms with Gasteiger partial charge in [-0.1, -0.05) is 0 Å². The highest BCUT2D eigenvalue weighted by molar-refractivity contribution is 7.98. The van der Waals surface area contributed by atoms with Crippen molar-refractivity contribution in [2.45, 2.75) is 38.1 Å². The predicted octanol–water partition coefficient (Wildman–Crippen LogP) is 1.47. The van der Waals surface area contributed by atoms with Crippen LogP contribution < -0.4 is 5.73 Å². The molecule has 1 heterocycles. The second kappa shape index (κ2) is 7.12. The molecule has 1 unspecified atom stereocenters. The quantitative estimate of drug-likeness (QED) is 0.728. The van der Waals surface area contributed by atoms with Crippen molar-refractivity contribution in [1.82, 2.24) is 4.90 Å². The normalized spacial score (nSPS) is 21.7. The maximum Gasteiger partial charge on any atom is 0.222 e. The number of nitrogens with zero attached hydrogens (tertiary/aromatic N) is 1. The second-order valence-corrected chi connectivity index (χ2v) is 5.18. The first-order valence-electron chi connectivity index (χ1n) is 5.76. The van der Waals surface area contributed by atoms with E-state index in [1.54, 1.807) is 0 Å². The van der Waals surface area contributed by atoms with Crippen LogP contribution in [0.2, 0.25) is 0 Å². The minimum Gasteiger partial charge on any atom is -0.341 e. The highest BCUT2D eigenvalue weighted by Gasteiger charge is 2.20. The summed E-state index contributed by atoms with van der Waals surface area (Å²) >= 11 is 1.84. The molecule has 0 aromatic heterocycles. The molecule has 0 bridgehead atoms. The van der Waals surface area contributed by atoms with Crippen LogP contribution >= 0.6 is 11.8 Å². The SMILES string of the molecule is CSCCCCC(=O)N1CCCC(N)C1. The number of hydrogen-bond donors (Lipinski definition) is 1. The number of amides is 1. The fourth-order valence-corrected chi connectivity index (χ4v) is 2.41. The molecule has 88 valence electrons. The Hall–Kier alpha value is -0.220. The third-order valence-corrected chi connectivity index (χ3v) is 3.50. The average molecular weight is 230 g/mol. The molecular weight excluding hydrogens is 208 g/mol. The lowest BCUT2D eigenvalue weighted by atomic mass is 10.1. The van der Waals surface area contributed by atoms with Crippen LogP contribution in [0, 0.1) is 0 Å². The zero-order valence-corrected chi connectivity index (χ0v) is 10.4. The summed E-state index contributed by atoms with van der Waals surface area (Å²) in [7, 11) is 0. The molecule has 0 spiro atoms. The van der Waals surface area contributed by atoms with Gasteiger partial charge in [0.1, 0.15) is 0 Å². The minimum atomic E-state index is 0.203. The van der Waals surface area contributed by atoms with Gasteiger partial charge in [0.25, 0.3) is 0 Å². The van der Waals surface area contributed by atoms with Crippen LogP contribution in [0.1, 0.15) is 32.1 Å². The predicted molar refractivity (Wildman–Crippen MR) is 66.0 cm³/mol. The van der Waals surface area contributed by atoms with Gasteiger partial charge in [0, 0.05) is 25.6 Å². The number of thioether (sulfide) groups is 1. The lowest BCUT2D eigenvalue weighted by molar-refractivity contribution is -0.132. The number of hydrogen-bond acceptors (Lipinski definition) is 3. The molecule has 0 radical (unpaired) electrons. The smallest absolute Gasteiger partial charge is 0.222 e. The molecule has 1 amide bonds. The number of carbonyl (C=O) groups excluding carboxylic acids is 1. The Morgan fingerprint density at radius 3 is 3.00 bits per heavy atom. The van der Waals surface area contributed by atoms with Gasteiger partial charge in [-0.3, -0.25) is 4.79 Å². The van der Waals surface area contributed by atoms with E-state index in [-0.39, 0.29) is 6.04 Å². The van der Waals surface area contributed by atoms with E-state index in [1.807, 2.05) is 16.7 Å². The van der Waals surface area contributed by atoms with Gasteiger partial charge in [-0.25, -0.2) is 0 Å². The van der Waals surface area contributed by atoms with Crippen LogP contribution in [0.4, 0.5) is 0 Å². The first-order chi connectivity index (χ1) is 7.24. The summed E-state index contributed by atoms with van der Waals surface area (Å²) in [6, 6.07) is 0.203. The fraction of sp³-hybridized carbons (Fsp3) is 0.909. The van der Waals surface area contributed by atoms with Crippen LogP contribution in [0.5, 0.6) is 0 Å². The van der Waals surface area contributed by atoms with Crippen LogP contribution in [0.25, 0.3) is 0 Å². The van der Waals surface area contributed by atoms with Crippen molar-refractivity contribution in [2.75, 3.05) is 25.1 Å². The fourth-order valence-electron chi connectivity index (χ4n) is 1.92. The van der Waals surface area contributed by atoms with Crippen molar-refractivity contribution >= 4 is 17.7 Å². The molecule has 1 atom stereocenters. The molecule has 1 saturated heterocycles. The highest BCUT2D eigenvalue weighted by Crippen LogP contribution is 2.11. The van der Waals surface area contributed by atoms with E-state index < -0.39 is 0 Å². The van der Waals surface area contributed by atoms with E-state index in [4.69, 9.17) is 5.73 Å². The molecule has 0 aromatic carbocycles. The monoisotopic (exact) mass is 230 g/mol. The van der Waals surface area contributed by atoms with Gasteiger partial charge in [-0.05, 0) is 37.7 Å². The van der Waals surface area contributed by atoms with E-state index in [2.05, 4.69) is 6.26 Å². The number of unbranched alkanes of at least 4 members (excludes halogenated alkanes) is 1. The minimum absolute atomic E-state index is 0.203. The van der Waals surface area contributed by atoms with Crippen molar-refractivity contribution in [3.63, 3.8) is 0 Å². The Kier molecular flexibility index (Phi) is 6.10. The Morgan fingerprint density at radius 2 is 2.33 bits per heavy atom. The summed E-state index contributed by atoms with van der Waals surface area (Å²) in [5, 5.41) is 0. The average Bonchev–Trinajstić information content (AvgIpc) is 2.24. The Morgan fingerprint density at radius 1 is 1.53 bits per heavy atom. The van der Waals surface area contributed by atoms with E-state index in [1.165, 1.54) is 0 Å². The van der Waals surface area contributed by atoms with Crippen LogP contribution in [-0.2, 0) is 4.79 Å². The van der Waals surface area contributed by atoms with Gasteiger partial charge in [-0.15, -0.1) is 0 Å². The second-order valence-electron chi connectivity index (χ2n) is 4.19. The molecule has 1 aliphatic heterocycles. The molecule has 2 N–H and O–H groups in total. The molecule has 3 nitrogen and oxygen atoms in total. The number of piperidine rings is 1. The maximum atomic E-state index is 11.8. The van der Waals surface area contributed by atoms with Crippen LogP contribution in [-0.4, -0.2) is 41.9 Å². The van der Waals surface area contributed by atoms with Crippen molar-refractivity contribution in [3.8, 4) is 0 Å². The summed E-state index contributed by atoms with van der Waals surface area (Å²) in [5.41, 5.74) is 5.84. The van der Waals surface area contributed by atoms with Gasteiger partial charge >= 0.3 is 0 Å². The summed E-state index contributed by atoms with van der Waals surface area (Å²) < 4.78 is 0. The topological polar surface area (TPSA) is 46.3 Å². The zero-order chi connectivity index (χ0) is 11.1. The standard InChI is InChI=1S/C11H22N2OS/c1-15-8-3-2-6-11(14)13-7-4-5-10(12)9-13/h10H,2-9,12H2,1H3. The van der Waals surface area contributed by atoms with E-state index in [9.17, 15) is 4.79 Å². The van der Waals surface area contributed by atoms with Gasteiger partial charge in [0.15, 0.2) is 0 Å². The number of rotatable bonds is 5. The van der Waals surface area contributed by atoms with Crippen molar-refractivity contribution in [2.24, 2.45) is 5.73 Å². The maximum absolute atomic E-state index is 11.8. The first kappa shape index (κ1) is 12.8. The van der Waals surface area contributed by atoms with Crippen molar-refractivity contribution in [1.29, 1.82) is 0 Å². The molecule has 1 fully saturated rings. The van der Waals surface area contributed by atoms with Gasteiger partial charge in [0.2, 0.25) is 5.91 Å². The van der Waals surface area contributed by atoms with Crippen LogP contribution in [0.15, 0.2) is 0 Å². The Labute approximate surface area is 96.8 Å². The van der Waals surface area contributed by atoms with E-state index in [0.717, 1.165) is 44.5 Å². The third kappa shape index (κ3) is 4.89. The highest BCUT2D eigenvalue weighted by atomic mass is 32.2. The summed E-state index contributed by atoms with van der Waals surface area (Å²) in [6.07, 6.45) is 7.10.